The van der Waals surface area contributed by atoms with Gasteiger partial charge in [-0.25, -0.2) is 0 Å². The minimum atomic E-state index is -2.04. The summed E-state index contributed by atoms with van der Waals surface area (Å²) in [4.78, 5) is 13.8. The highest BCUT2D eigenvalue weighted by molar-refractivity contribution is 5.93. The molecule has 228 valence electrons. The molecule has 0 aliphatic carbocycles. The molecule has 5 rings (SSSR count). The highest BCUT2D eigenvalue weighted by Gasteiger charge is 2.50. The van der Waals surface area contributed by atoms with Crippen LogP contribution in [-0.4, -0.2) is 118 Å². The van der Waals surface area contributed by atoms with E-state index >= 15 is 0 Å². The zero-order valence-corrected chi connectivity index (χ0v) is 21.6. The van der Waals surface area contributed by atoms with Crippen LogP contribution in [0.3, 0.4) is 0 Å². The molecule has 2 aliphatic heterocycles. The maximum atomic E-state index is 13.8. The van der Waals surface area contributed by atoms with Gasteiger partial charge in [0.25, 0.3) is 0 Å². The number of hydrogen-bond acceptors (Lipinski definition) is 15. The number of ether oxygens (including phenoxy) is 2. The summed E-state index contributed by atoms with van der Waals surface area (Å²) in [6.07, 6.45) is -17.2. The number of rotatable bonds is 5. The fraction of sp³-hybridized carbons (Fsp3) is 0.444. The molecule has 0 bridgehead atoms. The monoisotopic (exact) mass is 594 g/mol. The summed E-state index contributed by atoms with van der Waals surface area (Å²) >= 11 is 0. The molecule has 0 unspecified atom stereocenters. The van der Waals surface area contributed by atoms with Crippen LogP contribution >= 0.6 is 0 Å². The Bertz CT molecular complexity index is 1500. The van der Waals surface area contributed by atoms with Crippen LogP contribution in [0.2, 0.25) is 0 Å². The van der Waals surface area contributed by atoms with Gasteiger partial charge in [0.2, 0.25) is 5.43 Å². The lowest BCUT2D eigenvalue weighted by Crippen LogP contribution is -2.55. The van der Waals surface area contributed by atoms with E-state index in [1.165, 1.54) is 24.3 Å². The van der Waals surface area contributed by atoms with E-state index in [2.05, 4.69) is 0 Å². The first-order valence-corrected chi connectivity index (χ1v) is 12.9. The third-order valence-corrected chi connectivity index (χ3v) is 7.77. The Morgan fingerprint density at radius 2 is 1.14 bits per heavy atom. The lowest BCUT2D eigenvalue weighted by atomic mass is 9.85. The Balaban J connectivity index is 1.82. The summed E-state index contributed by atoms with van der Waals surface area (Å²) in [7, 11) is 0. The van der Waals surface area contributed by atoms with Crippen molar-refractivity contribution in [2.24, 2.45) is 0 Å². The molecule has 15 heteroatoms. The van der Waals surface area contributed by atoms with Crippen molar-refractivity contribution in [1.29, 1.82) is 0 Å². The molecule has 0 spiro atoms. The van der Waals surface area contributed by atoms with Crippen molar-refractivity contribution in [3.05, 3.63) is 51.9 Å². The number of phenols is 3. The first kappa shape index (κ1) is 30.1. The molecular weight excluding hydrogens is 564 g/mol. The molecule has 10 atom stereocenters. The summed E-state index contributed by atoms with van der Waals surface area (Å²) in [5.74, 6) is -2.09. The normalized spacial score (nSPS) is 33.6. The van der Waals surface area contributed by atoms with Crippen LogP contribution < -0.4 is 5.43 Å². The molecule has 11 N–H and O–H groups in total. The number of phenolic OH excluding ortho intramolecular Hbond substituents is 3. The maximum absolute atomic E-state index is 13.8. The molecule has 2 fully saturated rings. The van der Waals surface area contributed by atoms with Crippen molar-refractivity contribution in [2.75, 3.05) is 13.2 Å². The van der Waals surface area contributed by atoms with Gasteiger partial charge in [-0.3, -0.25) is 4.79 Å². The van der Waals surface area contributed by atoms with Gasteiger partial charge in [0.05, 0.1) is 29.9 Å². The molecule has 15 nitrogen and oxygen atoms in total. The Hall–Kier alpha value is -3.35. The Kier molecular flexibility index (Phi) is 8.16. The van der Waals surface area contributed by atoms with Gasteiger partial charge in [0.1, 0.15) is 89.9 Å². The highest BCUT2D eigenvalue weighted by atomic mass is 16.6. The summed E-state index contributed by atoms with van der Waals surface area (Å²) in [5, 5.41) is 114. The van der Waals surface area contributed by atoms with E-state index in [1.807, 2.05) is 0 Å². The van der Waals surface area contributed by atoms with E-state index < -0.39 is 113 Å². The summed E-state index contributed by atoms with van der Waals surface area (Å²) < 4.78 is 16.8. The minimum absolute atomic E-state index is 0.105. The molecule has 1 aromatic heterocycles. The number of fused-ring (bicyclic) bond motifs is 1. The van der Waals surface area contributed by atoms with Crippen LogP contribution in [0.15, 0.2) is 39.7 Å². The predicted octanol–water partition coefficient (Wildman–Crippen LogP) is -2.39. The largest absolute Gasteiger partial charge is 0.508 e. The van der Waals surface area contributed by atoms with Gasteiger partial charge in [-0.15, -0.1) is 0 Å². The molecule has 2 saturated heterocycles. The number of aliphatic hydroxyl groups excluding tert-OH is 8. The van der Waals surface area contributed by atoms with Crippen LogP contribution in [0, 0.1) is 0 Å². The van der Waals surface area contributed by atoms with Gasteiger partial charge in [-0.1, -0.05) is 12.1 Å². The van der Waals surface area contributed by atoms with E-state index in [0.717, 1.165) is 6.26 Å². The third kappa shape index (κ3) is 4.69. The standard InChI is InChI=1S/C27H30O15/c28-5-11-17(32)21(36)23(38)26(41-11)14-19(34)13-16(31)10(8-1-3-9(30)4-2-8)7-40-25(13)15(20(14)35)27-24(39)22(37)18(33)12(6-29)42-27/h1-4,7,11-12,17-18,21-24,26-30,32-39H,5-6H2/t11-,12-,17+,18+,21+,22+,23+,24+,26+,27+/m1/s1. The fourth-order valence-corrected chi connectivity index (χ4v) is 5.43. The fourth-order valence-electron chi connectivity index (χ4n) is 5.43. The summed E-state index contributed by atoms with van der Waals surface area (Å²) in [6.45, 7) is -1.70. The molecule has 0 saturated carbocycles. The van der Waals surface area contributed by atoms with Gasteiger partial charge in [-0.2, -0.15) is 0 Å². The predicted molar refractivity (Wildman–Crippen MR) is 138 cm³/mol. The minimum Gasteiger partial charge on any atom is -0.508 e. The Morgan fingerprint density at radius 3 is 1.64 bits per heavy atom. The second-order valence-corrected chi connectivity index (χ2v) is 10.3. The van der Waals surface area contributed by atoms with Crippen LogP contribution in [0.4, 0.5) is 0 Å². The quantitative estimate of drug-likeness (QED) is 0.147. The van der Waals surface area contributed by atoms with Crippen molar-refractivity contribution in [2.45, 2.75) is 61.0 Å². The van der Waals surface area contributed by atoms with E-state index in [9.17, 15) is 61.0 Å². The van der Waals surface area contributed by atoms with Crippen molar-refractivity contribution in [3.8, 4) is 28.4 Å². The van der Waals surface area contributed by atoms with Crippen molar-refractivity contribution >= 4 is 11.0 Å². The topological polar surface area (TPSA) is 271 Å². The van der Waals surface area contributed by atoms with Crippen molar-refractivity contribution < 1.29 is 70.1 Å². The molecule has 0 radical (unpaired) electrons. The average Bonchev–Trinajstić information content (AvgIpc) is 2.97. The first-order chi connectivity index (χ1) is 19.9. The Morgan fingerprint density at radius 1 is 0.643 bits per heavy atom. The molecule has 2 aromatic carbocycles. The smallest absolute Gasteiger partial charge is 0.204 e. The van der Waals surface area contributed by atoms with E-state index in [0.29, 0.717) is 0 Å². The van der Waals surface area contributed by atoms with Gasteiger partial charge in [-0.05, 0) is 17.7 Å². The van der Waals surface area contributed by atoms with Gasteiger partial charge in [0, 0.05) is 0 Å². The van der Waals surface area contributed by atoms with Crippen LogP contribution in [0.1, 0.15) is 23.3 Å². The van der Waals surface area contributed by atoms with Gasteiger partial charge >= 0.3 is 0 Å². The highest BCUT2D eigenvalue weighted by Crippen LogP contribution is 2.50. The molecule has 3 aromatic rings. The molecule has 0 amide bonds. The van der Waals surface area contributed by atoms with E-state index in [-0.39, 0.29) is 16.9 Å². The first-order valence-electron chi connectivity index (χ1n) is 12.9. The number of aliphatic hydroxyl groups is 8. The van der Waals surface area contributed by atoms with Crippen LogP contribution in [0.25, 0.3) is 22.1 Å². The van der Waals surface area contributed by atoms with Gasteiger partial charge < -0.3 is 70.1 Å². The Labute approximate surface area is 235 Å². The van der Waals surface area contributed by atoms with E-state index in [1.54, 1.807) is 0 Å². The molecule has 3 heterocycles. The van der Waals surface area contributed by atoms with Crippen molar-refractivity contribution in [1.82, 2.24) is 0 Å². The second kappa shape index (κ2) is 11.4. The lowest BCUT2D eigenvalue weighted by Gasteiger charge is -2.42. The maximum Gasteiger partial charge on any atom is 0.204 e. The molecule has 42 heavy (non-hydrogen) atoms. The zero-order chi connectivity index (χ0) is 30.6. The zero-order valence-electron chi connectivity index (χ0n) is 21.6. The third-order valence-electron chi connectivity index (χ3n) is 7.77. The van der Waals surface area contributed by atoms with Crippen LogP contribution in [-0.2, 0) is 9.47 Å². The second-order valence-electron chi connectivity index (χ2n) is 10.3. The number of hydrogen-bond donors (Lipinski definition) is 11. The van der Waals surface area contributed by atoms with Gasteiger partial charge in [0.15, 0.2) is 5.58 Å². The number of aromatic hydroxyl groups is 3. The SMILES string of the molecule is O=c1c(-c2ccc(O)cc2)coc2c([C@@H]3O[C@H](CO)[C@H](O)[C@H](O)[C@@H]3O)c(O)c([C@@H]3O[C@H](CO)[C@H](O)[C@H](O)[C@@H]3O)c(O)c12. The lowest BCUT2D eigenvalue weighted by molar-refractivity contribution is -0.234. The summed E-state index contributed by atoms with van der Waals surface area (Å²) in [6, 6.07) is 5.33. The van der Waals surface area contributed by atoms with Crippen molar-refractivity contribution in [3.63, 3.8) is 0 Å². The average molecular weight is 595 g/mol. The molecular formula is C27H30O15. The van der Waals surface area contributed by atoms with Crippen LogP contribution in [0.5, 0.6) is 17.2 Å². The molecule has 2 aliphatic rings. The summed E-state index contributed by atoms with van der Waals surface area (Å²) in [5.41, 5.74) is -2.63. The number of benzene rings is 2. The van der Waals surface area contributed by atoms with E-state index in [4.69, 9.17) is 13.9 Å².